The van der Waals surface area contributed by atoms with Crippen molar-refractivity contribution in [2.75, 3.05) is 11.9 Å². The van der Waals surface area contributed by atoms with Gasteiger partial charge in [-0.3, -0.25) is 9.59 Å². The van der Waals surface area contributed by atoms with Gasteiger partial charge in [-0.05, 0) is 31.0 Å². The molecule has 0 saturated heterocycles. The number of thiazole rings is 1. The number of ether oxygens (including phenoxy) is 1. The van der Waals surface area contributed by atoms with Crippen molar-refractivity contribution in [3.63, 3.8) is 0 Å². The Kier molecular flexibility index (Phi) is 5.87. The average Bonchev–Trinajstić information content (AvgIpc) is 2.88. The minimum atomic E-state index is -0.181. The van der Waals surface area contributed by atoms with Gasteiger partial charge in [-0.1, -0.05) is 30.4 Å². The Hall–Kier alpha value is -2.21. The van der Waals surface area contributed by atoms with Gasteiger partial charge in [0.25, 0.3) is 0 Å². The predicted molar refractivity (Wildman–Crippen MR) is 91.4 cm³/mol. The van der Waals surface area contributed by atoms with Crippen molar-refractivity contribution < 1.29 is 14.3 Å². The summed E-state index contributed by atoms with van der Waals surface area (Å²) in [5.41, 5.74) is 1.89. The van der Waals surface area contributed by atoms with Crippen LogP contribution in [-0.2, 0) is 11.2 Å². The summed E-state index contributed by atoms with van der Waals surface area (Å²) in [7, 11) is 0. The van der Waals surface area contributed by atoms with Crippen LogP contribution in [-0.4, -0.2) is 23.3 Å². The topological polar surface area (TPSA) is 68.3 Å². The molecular formula is C17H20N2O3S. The summed E-state index contributed by atoms with van der Waals surface area (Å²) >= 11 is 1.20. The molecule has 23 heavy (non-hydrogen) atoms. The summed E-state index contributed by atoms with van der Waals surface area (Å²) in [4.78, 5) is 28.0. The number of hydrogen-bond acceptors (Lipinski definition) is 5. The molecule has 122 valence electrons. The van der Waals surface area contributed by atoms with Gasteiger partial charge in [0.15, 0.2) is 10.9 Å². The van der Waals surface area contributed by atoms with Crippen LogP contribution in [0.1, 0.15) is 41.2 Å². The third-order valence-corrected chi connectivity index (χ3v) is 4.47. The quantitative estimate of drug-likeness (QED) is 0.786. The minimum absolute atomic E-state index is 0.0423. The van der Waals surface area contributed by atoms with Crippen LogP contribution >= 0.6 is 11.3 Å². The van der Waals surface area contributed by atoms with Gasteiger partial charge in [0.05, 0.1) is 23.6 Å². The zero-order chi connectivity index (χ0) is 16.8. The van der Waals surface area contributed by atoms with Gasteiger partial charge in [0.2, 0.25) is 5.91 Å². The first-order chi connectivity index (χ1) is 11.0. The lowest BCUT2D eigenvalue weighted by molar-refractivity contribution is -0.116. The summed E-state index contributed by atoms with van der Waals surface area (Å²) in [6.07, 6.45) is 1.21. The van der Waals surface area contributed by atoms with E-state index in [-0.39, 0.29) is 18.1 Å². The lowest BCUT2D eigenvalue weighted by Crippen LogP contribution is -2.15. The molecule has 6 heteroatoms. The number of amides is 1. The van der Waals surface area contributed by atoms with Gasteiger partial charge in [-0.2, -0.15) is 0 Å². The van der Waals surface area contributed by atoms with Crippen molar-refractivity contribution in [3.05, 3.63) is 40.4 Å². The highest BCUT2D eigenvalue weighted by atomic mass is 32.1. The number of nitrogens with one attached hydrogen (secondary N) is 1. The Morgan fingerprint density at radius 3 is 2.52 bits per heavy atom. The van der Waals surface area contributed by atoms with Crippen molar-refractivity contribution in [1.82, 2.24) is 4.98 Å². The average molecular weight is 332 g/mol. The Morgan fingerprint density at radius 1 is 1.26 bits per heavy atom. The van der Waals surface area contributed by atoms with E-state index in [0.717, 1.165) is 12.2 Å². The molecule has 2 aromatic rings. The molecule has 0 saturated carbocycles. The molecule has 1 heterocycles. The number of aromatic nitrogens is 1. The number of Topliss-reactive ketones (excluding diaryl/α,β-unsaturated/α-hetero) is 1. The molecule has 5 nitrogen and oxygen atoms in total. The first-order valence-corrected chi connectivity index (χ1v) is 8.31. The van der Waals surface area contributed by atoms with Crippen LogP contribution in [0.5, 0.6) is 5.75 Å². The van der Waals surface area contributed by atoms with Crippen LogP contribution in [0.15, 0.2) is 24.3 Å². The zero-order valence-electron chi connectivity index (χ0n) is 13.5. The molecule has 0 aliphatic carbocycles. The predicted octanol–water partition coefficient (Wildman–Crippen LogP) is 3.62. The van der Waals surface area contributed by atoms with Crippen LogP contribution < -0.4 is 10.1 Å². The second-order valence-corrected chi connectivity index (χ2v) is 6.13. The maximum Gasteiger partial charge on any atom is 0.229 e. The van der Waals surface area contributed by atoms with Crippen LogP contribution in [0.25, 0.3) is 0 Å². The Labute approximate surface area is 139 Å². The SMILES string of the molecule is CCc1ccc(OCCC(=O)Nc2nc(C)c(C(C)=O)s2)cc1. The second kappa shape index (κ2) is 7.87. The molecule has 0 atom stereocenters. The van der Waals surface area contributed by atoms with Crippen LogP contribution in [0.2, 0.25) is 0 Å². The first kappa shape index (κ1) is 17.1. The highest BCUT2D eigenvalue weighted by Gasteiger charge is 2.13. The van der Waals surface area contributed by atoms with Gasteiger partial charge in [-0.25, -0.2) is 4.98 Å². The lowest BCUT2D eigenvalue weighted by Gasteiger charge is -2.06. The van der Waals surface area contributed by atoms with E-state index in [4.69, 9.17) is 4.74 Å². The monoisotopic (exact) mass is 332 g/mol. The summed E-state index contributed by atoms with van der Waals surface area (Å²) in [5.74, 6) is 0.525. The maximum atomic E-state index is 11.9. The molecule has 0 spiro atoms. The van der Waals surface area contributed by atoms with E-state index in [0.29, 0.717) is 22.3 Å². The molecule has 1 N–H and O–H groups in total. The Balaban J connectivity index is 1.80. The van der Waals surface area contributed by atoms with Crippen LogP contribution in [0, 0.1) is 6.92 Å². The van der Waals surface area contributed by atoms with E-state index in [9.17, 15) is 9.59 Å². The standard InChI is InChI=1S/C17H20N2O3S/c1-4-13-5-7-14(8-6-13)22-10-9-15(21)19-17-18-11(2)16(23-17)12(3)20/h5-8H,4,9-10H2,1-3H3,(H,18,19,21). The summed E-state index contributed by atoms with van der Waals surface area (Å²) < 4.78 is 5.55. The van der Waals surface area contributed by atoms with E-state index in [1.807, 2.05) is 24.3 Å². The van der Waals surface area contributed by atoms with Gasteiger partial charge in [-0.15, -0.1) is 0 Å². The number of benzene rings is 1. The van der Waals surface area contributed by atoms with E-state index in [1.54, 1.807) is 6.92 Å². The number of ketones is 1. The summed E-state index contributed by atoms with van der Waals surface area (Å²) in [6.45, 7) is 5.63. The fraction of sp³-hybridized carbons (Fsp3) is 0.353. The third kappa shape index (κ3) is 4.89. The van der Waals surface area contributed by atoms with E-state index in [2.05, 4.69) is 17.2 Å². The molecule has 0 unspecified atom stereocenters. The highest BCUT2D eigenvalue weighted by molar-refractivity contribution is 7.17. The summed E-state index contributed by atoms with van der Waals surface area (Å²) in [6, 6.07) is 7.83. The molecular weight excluding hydrogens is 312 g/mol. The van der Waals surface area contributed by atoms with Crippen molar-refractivity contribution in [3.8, 4) is 5.75 Å². The molecule has 0 aliphatic rings. The number of carbonyl (C=O) groups excluding carboxylic acids is 2. The van der Waals surface area contributed by atoms with Crippen molar-refractivity contribution >= 4 is 28.2 Å². The van der Waals surface area contributed by atoms with Crippen LogP contribution in [0.3, 0.4) is 0 Å². The lowest BCUT2D eigenvalue weighted by atomic mass is 10.2. The second-order valence-electron chi connectivity index (χ2n) is 5.13. The number of aryl methyl sites for hydroxylation is 2. The smallest absolute Gasteiger partial charge is 0.229 e. The van der Waals surface area contributed by atoms with Gasteiger partial charge in [0.1, 0.15) is 5.75 Å². The first-order valence-electron chi connectivity index (χ1n) is 7.49. The van der Waals surface area contributed by atoms with Crippen molar-refractivity contribution in [1.29, 1.82) is 0 Å². The molecule has 1 aromatic carbocycles. The Morgan fingerprint density at radius 2 is 1.96 bits per heavy atom. The Bertz CT molecular complexity index is 692. The largest absolute Gasteiger partial charge is 0.493 e. The number of hydrogen-bond donors (Lipinski definition) is 1. The number of anilines is 1. The maximum absolute atomic E-state index is 11.9. The zero-order valence-corrected chi connectivity index (χ0v) is 14.3. The van der Waals surface area contributed by atoms with Crippen molar-refractivity contribution in [2.45, 2.75) is 33.6 Å². The normalized spacial score (nSPS) is 10.4. The van der Waals surface area contributed by atoms with Gasteiger partial charge >= 0.3 is 0 Å². The summed E-state index contributed by atoms with van der Waals surface area (Å²) in [5, 5.41) is 3.15. The molecule has 1 amide bonds. The fourth-order valence-corrected chi connectivity index (χ4v) is 2.92. The van der Waals surface area contributed by atoms with E-state index < -0.39 is 0 Å². The third-order valence-electron chi connectivity index (χ3n) is 3.29. The molecule has 0 aliphatic heterocycles. The van der Waals surface area contributed by atoms with Crippen molar-refractivity contribution in [2.24, 2.45) is 0 Å². The van der Waals surface area contributed by atoms with E-state index in [1.165, 1.54) is 23.8 Å². The fourth-order valence-electron chi connectivity index (χ4n) is 2.04. The molecule has 0 fully saturated rings. The number of carbonyl (C=O) groups is 2. The molecule has 2 rings (SSSR count). The van der Waals surface area contributed by atoms with Crippen LogP contribution in [0.4, 0.5) is 5.13 Å². The number of nitrogens with zero attached hydrogens (tertiary/aromatic N) is 1. The van der Waals surface area contributed by atoms with E-state index >= 15 is 0 Å². The highest BCUT2D eigenvalue weighted by Crippen LogP contribution is 2.23. The van der Waals surface area contributed by atoms with Gasteiger partial charge < -0.3 is 10.1 Å². The molecule has 0 radical (unpaired) electrons. The number of rotatable bonds is 7. The molecule has 1 aromatic heterocycles. The minimum Gasteiger partial charge on any atom is -0.493 e. The molecule has 0 bridgehead atoms. The van der Waals surface area contributed by atoms with Gasteiger partial charge in [0, 0.05) is 6.92 Å².